The number of nitro benzene ring substituents is 1. The molecule has 0 amide bonds. The second-order valence-electron chi connectivity index (χ2n) is 4.86. The van der Waals surface area contributed by atoms with Crippen molar-refractivity contribution in [2.24, 2.45) is 0 Å². The summed E-state index contributed by atoms with van der Waals surface area (Å²) in [6.07, 6.45) is 4.10. The molecule has 1 saturated carbocycles. The van der Waals surface area contributed by atoms with Crippen LogP contribution >= 0.6 is 0 Å². The summed E-state index contributed by atoms with van der Waals surface area (Å²) in [7, 11) is 0. The highest BCUT2D eigenvalue weighted by atomic mass is 16.6. The Balaban J connectivity index is 2.22. The Labute approximate surface area is 112 Å². The first-order valence-corrected chi connectivity index (χ1v) is 6.55. The average molecular weight is 265 g/mol. The van der Waals surface area contributed by atoms with E-state index in [1.54, 1.807) is 6.07 Å². The van der Waals surface area contributed by atoms with Gasteiger partial charge in [0.25, 0.3) is 5.69 Å². The molecule has 1 aliphatic rings. The van der Waals surface area contributed by atoms with E-state index in [0.717, 1.165) is 25.1 Å². The molecular formula is C13H19N3O3. The van der Waals surface area contributed by atoms with Gasteiger partial charge in [0.2, 0.25) is 0 Å². The van der Waals surface area contributed by atoms with Gasteiger partial charge < -0.3 is 15.7 Å². The van der Waals surface area contributed by atoms with E-state index in [1.165, 1.54) is 18.6 Å². The predicted molar refractivity (Wildman–Crippen MR) is 74.2 cm³/mol. The Kier molecular flexibility index (Phi) is 4.21. The van der Waals surface area contributed by atoms with E-state index in [0.29, 0.717) is 18.2 Å². The molecule has 0 heterocycles. The van der Waals surface area contributed by atoms with Gasteiger partial charge >= 0.3 is 0 Å². The van der Waals surface area contributed by atoms with Crippen LogP contribution in [0.3, 0.4) is 0 Å². The fourth-order valence-corrected chi connectivity index (χ4v) is 2.36. The van der Waals surface area contributed by atoms with E-state index in [2.05, 4.69) is 4.90 Å². The van der Waals surface area contributed by atoms with Crippen LogP contribution in [0.1, 0.15) is 25.7 Å². The molecule has 6 heteroatoms. The number of hydrogen-bond acceptors (Lipinski definition) is 5. The molecule has 1 aromatic rings. The number of nitro groups is 1. The molecule has 2 rings (SSSR count). The zero-order chi connectivity index (χ0) is 13.8. The van der Waals surface area contributed by atoms with Crippen LogP contribution in [0, 0.1) is 10.1 Å². The molecule has 1 aromatic carbocycles. The van der Waals surface area contributed by atoms with Crippen molar-refractivity contribution in [1.29, 1.82) is 0 Å². The Bertz CT molecular complexity index is 460. The van der Waals surface area contributed by atoms with Gasteiger partial charge in [0.1, 0.15) is 0 Å². The summed E-state index contributed by atoms with van der Waals surface area (Å²) in [5.74, 6) is 0. The molecule has 6 nitrogen and oxygen atoms in total. The number of nitrogen functional groups attached to an aromatic ring is 1. The van der Waals surface area contributed by atoms with Crippen LogP contribution in [0.25, 0.3) is 0 Å². The van der Waals surface area contributed by atoms with Crippen molar-refractivity contribution in [3.05, 3.63) is 28.3 Å². The maximum Gasteiger partial charge on any atom is 0.271 e. The van der Waals surface area contributed by atoms with Gasteiger partial charge in [0.05, 0.1) is 16.3 Å². The minimum atomic E-state index is -0.443. The standard InChI is InChI=1S/C13H19N3O3/c14-12-9-11(16(18)19)5-6-13(12)15(7-2-8-17)10-3-1-4-10/h5-6,9-10,17H,1-4,7-8,14H2. The normalized spacial score (nSPS) is 15.0. The Hall–Kier alpha value is -1.82. The number of nitrogens with zero attached hydrogens (tertiary/aromatic N) is 2. The molecule has 0 aromatic heterocycles. The summed E-state index contributed by atoms with van der Waals surface area (Å²) >= 11 is 0. The minimum absolute atomic E-state index is 0.0111. The average Bonchev–Trinajstić information content (AvgIpc) is 2.32. The van der Waals surface area contributed by atoms with Gasteiger partial charge in [-0.15, -0.1) is 0 Å². The number of benzene rings is 1. The first kappa shape index (κ1) is 13.6. The minimum Gasteiger partial charge on any atom is -0.397 e. The van der Waals surface area contributed by atoms with Gasteiger partial charge in [-0.3, -0.25) is 10.1 Å². The Morgan fingerprint density at radius 1 is 1.47 bits per heavy atom. The van der Waals surface area contributed by atoms with E-state index in [1.807, 2.05) is 0 Å². The van der Waals surface area contributed by atoms with Crippen molar-refractivity contribution in [3.8, 4) is 0 Å². The zero-order valence-electron chi connectivity index (χ0n) is 10.8. The van der Waals surface area contributed by atoms with Crippen LogP contribution in [0.2, 0.25) is 0 Å². The lowest BCUT2D eigenvalue weighted by atomic mass is 9.90. The maximum absolute atomic E-state index is 10.7. The number of hydrogen-bond donors (Lipinski definition) is 2. The highest BCUT2D eigenvalue weighted by Gasteiger charge is 2.26. The molecule has 1 fully saturated rings. The third-order valence-electron chi connectivity index (χ3n) is 3.60. The summed E-state index contributed by atoms with van der Waals surface area (Å²) in [6, 6.07) is 5.04. The van der Waals surface area contributed by atoms with Crippen molar-refractivity contribution in [3.63, 3.8) is 0 Å². The molecule has 0 radical (unpaired) electrons. The second kappa shape index (κ2) is 5.88. The number of aliphatic hydroxyl groups excluding tert-OH is 1. The highest BCUT2D eigenvalue weighted by Crippen LogP contribution is 2.34. The van der Waals surface area contributed by atoms with Crippen molar-refractivity contribution in [2.45, 2.75) is 31.7 Å². The molecule has 104 valence electrons. The zero-order valence-corrected chi connectivity index (χ0v) is 10.8. The van der Waals surface area contributed by atoms with E-state index < -0.39 is 4.92 Å². The lowest BCUT2D eigenvalue weighted by molar-refractivity contribution is -0.384. The quantitative estimate of drug-likeness (QED) is 0.465. The molecule has 0 atom stereocenters. The van der Waals surface area contributed by atoms with Crippen LogP contribution in [0.5, 0.6) is 0 Å². The van der Waals surface area contributed by atoms with E-state index in [9.17, 15) is 10.1 Å². The Morgan fingerprint density at radius 2 is 2.21 bits per heavy atom. The largest absolute Gasteiger partial charge is 0.397 e. The third kappa shape index (κ3) is 2.96. The number of anilines is 2. The number of rotatable bonds is 6. The lowest BCUT2D eigenvalue weighted by Gasteiger charge is -2.39. The number of aliphatic hydroxyl groups is 1. The van der Waals surface area contributed by atoms with Crippen molar-refractivity contribution in [1.82, 2.24) is 0 Å². The van der Waals surface area contributed by atoms with Crippen LogP contribution < -0.4 is 10.6 Å². The topological polar surface area (TPSA) is 92.6 Å². The van der Waals surface area contributed by atoms with E-state index >= 15 is 0 Å². The highest BCUT2D eigenvalue weighted by molar-refractivity contribution is 5.71. The monoisotopic (exact) mass is 265 g/mol. The van der Waals surface area contributed by atoms with Gasteiger partial charge in [0, 0.05) is 31.3 Å². The first-order valence-electron chi connectivity index (χ1n) is 6.55. The van der Waals surface area contributed by atoms with Crippen LogP contribution in [0.4, 0.5) is 17.1 Å². The van der Waals surface area contributed by atoms with Gasteiger partial charge in [-0.2, -0.15) is 0 Å². The van der Waals surface area contributed by atoms with Gasteiger partial charge in [-0.25, -0.2) is 0 Å². The summed E-state index contributed by atoms with van der Waals surface area (Å²) in [4.78, 5) is 12.4. The number of nitrogens with two attached hydrogens (primary N) is 1. The predicted octanol–water partition coefficient (Wildman–Crippen LogP) is 1.92. The first-order chi connectivity index (χ1) is 9.13. The fourth-order valence-electron chi connectivity index (χ4n) is 2.36. The van der Waals surface area contributed by atoms with Crippen molar-refractivity contribution in [2.75, 3.05) is 23.8 Å². The molecule has 0 bridgehead atoms. The third-order valence-corrected chi connectivity index (χ3v) is 3.60. The van der Waals surface area contributed by atoms with Crippen molar-refractivity contribution < 1.29 is 10.0 Å². The van der Waals surface area contributed by atoms with Crippen molar-refractivity contribution >= 4 is 17.1 Å². The molecule has 0 spiro atoms. The molecule has 19 heavy (non-hydrogen) atoms. The summed E-state index contributed by atoms with van der Waals surface area (Å²) in [5.41, 5.74) is 7.22. The number of non-ortho nitro benzene ring substituents is 1. The molecule has 1 aliphatic carbocycles. The fraction of sp³-hybridized carbons (Fsp3) is 0.538. The maximum atomic E-state index is 10.7. The van der Waals surface area contributed by atoms with Gasteiger partial charge in [0.15, 0.2) is 0 Å². The second-order valence-corrected chi connectivity index (χ2v) is 4.86. The molecule has 0 saturated heterocycles. The SMILES string of the molecule is Nc1cc([N+](=O)[O-])ccc1N(CCCO)C1CCC1. The molecule has 0 aliphatic heterocycles. The van der Waals surface area contributed by atoms with Gasteiger partial charge in [-0.05, 0) is 31.7 Å². The summed E-state index contributed by atoms with van der Waals surface area (Å²) in [5, 5.41) is 19.7. The molecule has 3 N–H and O–H groups in total. The lowest BCUT2D eigenvalue weighted by Crippen LogP contribution is -2.41. The van der Waals surface area contributed by atoms with Gasteiger partial charge in [-0.1, -0.05) is 0 Å². The molecule has 0 unspecified atom stereocenters. The van der Waals surface area contributed by atoms with E-state index in [4.69, 9.17) is 10.8 Å². The van der Waals surface area contributed by atoms with Crippen LogP contribution in [-0.4, -0.2) is 29.2 Å². The van der Waals surface area contributed by atoms with E-state index in [-0.39, 0.29) is 12.3 Å². The smallest absolute Gasteiger partial charge is 0.271 e. The molecular weight excluding hydrogens is 246 g/mol. The van der Waals surface area contributed by atoms with Crippen LogP contribution in [-0.2, 0) is 0 Å². The Morgan fingerprint density at radius 3 is 2.68 bits per heavy atom. The summed E-state index contributed by atoms with van der Waals surface area (Å²) in [6.45, 7) is 0.860. The van der Waals surface area contributed by atoms with Crippen LogP contribution in [0.15, 0.2) is 18.2 Å². The summed E-state index contributed by atoms with van der Waals surface area (Å²) < 4.78 is 0.